The van der Waals surface area contributed by atoms with Crippen LogP contribution in [0.5, 0.6) is 0 Å². The molecule has 0 bridgehead atoms. The van der Waals surface area contributed by atoms with Gasteiger partial charge in [0, 0.05) is 32.0 Å². The van der Waals surface area contributed by atoms with Gasteiger partial charge in [0.2, 0.25) is 0 Å². The van der Waals surface area contributed by atoms with E-state index in [9.17, 15) is 13.2 Å². The lowest BCUT2D eigenvalue weighted by Gasteiger charge is -2.17. The summed E-state index contributed by atoms with van der Waals surface area (Å²) in [5.74, 6) is 0.0742. The highest BCUT2D eigenvalue weighted by Gasteiger charge is 2.11. The van der Waals surface area contributed by atoms with Gasteiger partial charge in [0.1, 0.15) is 0 Å². The molecule has 20 heavy (non-hydrogen) atoms. The van der Waals surface area contributed by atoms with Gasteiger partial charge in [-0.2, -0.15) is 5.10 Å². The maximum atomic E-state index is 11.9. The van der Waals surface area contributed by atoms with Crippen molar-refractivity contribution in [1.82, 2.24) is 9.78 Å². The number of nitrogens with zero attached hydrogens (tertiary/aromatic N) is 3. The van der Waals surface area contributed by atoms with Gasteiger partial charge in [-0.3, -0.25) is 4.79 Å². The first kappa shape index (κ1) is 16.6. The van der Waals surface area contributed by atoms with Gasteiger partial charge in [-0.15, -0.1) is 0 Å². The maximum absolute atomic E-state index is 11.9. The fourth-order valence-electron chi connectivity index (χ4n) is 1.76. The van der Waals surface area contributed by atoms with Crippen LogP contribution in [0.2, 0.25) is 0 Å². The summed E-state index contributed by atoms with van der Waals surface area (Å²) in [5, 5.41) is 4.00. The third-order valence-electron chi connectivity index (χ3n) is 2.89. The van der Waals surface area contributed by atoms with Gasteiger partial charge in [0.15, 0.2) is 9.84 Å². The van der Waals surface area contributed by atoms with E-state index in [0.717, 1.165) is 0 Å². The summed E-state index contributed by atoms with van der Waals surface area (Å²) < 4.78 is 24.4. The highest BCUT2D eigenvalue weighted by atomic mass is 32.2. The molecule has 0 atom stereocenters. The van der Waals surface area contributed by atoms with Crippen LogP contribution < -0.4 is 16.2 Å². The topological polar surface area (TPSA) is 98.3 Å². The molecular formula is C12H22N4O3S. The fraction of sp³-hybridized carbons (Fsp3) is 0.667. The molecule has 0 aliphatic carbocycles. The molecule has 0 spiro atoms. The van der Waals surface area contributed by atoms with E-state index in [0.29, 0.717) is 25.2 Å². The highest BCUT2D eigenvalue weighted by Crippen LogP contribution is 2.05. The Hall–Kier alpha value is -1.41. The molecule has 2 N–H and O–H groups in total. The van der Waals surface area contributed by atoms with Gasteiger partial charge in [0.25, 0.3) is 5.56 Å². The number of hydrogen-bond donors (Lipinski definition) is 1. The highest BCUT2D eigenvalue weighted by molar-refractivity contribution is 7.91. The van der Waals surface area contributed by atoms with Crippen LogP contribution in [0, 0.1) is 0 Å². The molecule has 1 rings (SSSR count). The number of aromatic nitrogens is 2. The van der Waals surface area contributed by atoms with Crippen LogP contribution in [0.3, 0.4) is 0 Å². The summed E-state index contributed by atoms with van der Waals surface area (Å²) in [7, 11) is -1.29. The first-order valence-electron chi connectivity index (χ1n) is 6.58. The zero-order valence-electron chi connectivity index (χ0n) is 11.9. The monoisotopic (exact) mass is 302 g/mol. The Balaban J connectivity index is 2.77. The van der Waals surface area contributed by atoms with Crippen molar-refractivity contribution in [2.75, 3.05) is 36.5 Å². The molecule has 0 amide bonds. The fourth-order valence-corrected chi connectivity index (χ4v) is 3.04. The van der Waals surface area contributed by atoms with E-state index in [4.69, 9.17) is 5.73 Å². The minimum atomic E-state index is -3.11. The molecule has 0 aliphatic heterocycles. The van der Waals surface area contributed by atoms with E-state index in [-0.39, 0.29) is 23.6 Å². The maximum Gasteiger partial charge on any atom is 0.268 e. The Morgan fingerprint density at radius 2 is 2.10 bits per heavy atom. The van der Waals surface area contributed by atoms with Crippen molar-refractivity contribution in [2.45, 2.75) is 19.9 Å². The SMILES string of the molecule is CCCS(=O)(=O)CCn1ncc(N(C)CCN)cc1=O. The molecule has 7 nitrogen and oxygen atoms in total. The van der Waals surface area contributed by atoms with Gasteiger partial charge >= 0.3 is 0 Å². The van der Waals surface area contributed by atoms with Crippen molar-refractivity contribution in [2.24, 2.45) is 5.73 Å². The van der Waals surface area contributed by atoms with Crippen LogP contribution in [0.15, 0.2) is 17.1 Å². The Morgan fingerprint density at radius 3 is 2.65 bits per heavy atom. The summed E-state index contributed by atoms with van der Waals surface area (Å²) in [4.78, 5) is 13.7. The molecule has 0 aromatic carbocycles. The van der Waals surface area contributed by atoms with Crippen molar-refractivity contribution in [1.29, 1.82) is 0 Å². The van der Waals surface area contributed by atoms with Crippen LogP contribution in [-0.4, -0.2) is 49.8 Å². The first-order valence-corrected chi connectivity index (χ1v) is 8.40. The summed E-state index contributed by atoms with van der Waals surface area (Å²) in [6.07, 6.45) is 2.12. The lowest BCUT2D eigenvalue weighted by molar-refractivity contribution is 0.570. The Kier molecular flexibility index (Phi) is 6.15. The van der Waals surface area contributed by atoms with Gasteiger partial charge in [-0.1, -0.05) is 6.92 Å². The minimum absolute atomic E-state index is 0.0638. The van der Waals surface area contributed by atoms with Crippen LogP contribution in [0.4, 0.5) is 5.69 Å². The van der Waals surface area contributed by atoms with Crippen molar-refractivity contribution >= 4 is 15.5 Å². The molecular weight excluding hydrogens is 280 g/mol. The zero-order valence-corrected chi connectivity index (χ0v) is 12.8. The summed E-state index contributed by atoms with van der Waals surface area (Å²) in [6.45, 7) is 3.00. The first-order chi connectivity index (χ1) is 9.39. The number of sulfone groups is 1. The summed E-state index contributed by atoms with van der Waals surface area (Å²) >= 11 is 0. The predicted molar refractivity (Wildman–Crippen MR) is 79.8 cm³/mol. The van der Waals surface area contributed by atoms with E-state index in [1.54, 1.807) is 6.20 Å². The number of rotatable bonds is 8. The van der Waals surface area contributed by atoms with Crippen molar-refractivity contribution < 1.29 is 8.42 Å². The van der Waals surface area contributed by atoms with E-state index >= 15 is 0 Å². The summed E-state index contributed by atoms with van der Waals surface area (Å²) in [6, 6.07) is 1.44. The average molecular weight is 302 g/mol. The van der Waals surface area contributed by atoms with Gasteiger partial charge < -0.3 is 10.6 Å². The standard InChI is InChI=1S/C12H22N4O3S/c1-3-7-20(18,19)8-6-16-12(17)9-11(10-14-16)15(2)5-4-13/h9-10H,3-8,13H2,1-2H3. The third-order valence-corrected chi connectivity index (χ3v) is 4.72. The van der Waals surface area contributed by atoms with Gasteiger partial charge in [-0.25, -0.2) is 13.1 Å². The second kappa shape index (κ2) is 7.39. The second-order valence-corrected chi connectivity index (χ2v) is 6.94. The number of aryl methyl sites for hydroxylation is 1. The zero-order chi connectivity index (χ0) is 15.2. The lowest BCUT2D eigenvalue weighted by Crippen LogP contribution is -2.30. The van der Waals surface area contributed by atoms with Crippen molar-refractivity contribution in [3.8, 4) is 0 Å². The smallest absolute Gasteiger partial charge is 0.268 e. The molecule has 1 aromatic rings. The molecule has 0 aliphatic rings. The van der Waals surface area contributed by atoms with Crippen molar-refractivity contribution in [3.63, 3.8) is 0 Å². The van der Waals surface area contributed by atoms with E-state index in [2.05, 4.69) is 5.10 Å². The Labute approximate surface area is 119 Å². The normalized spacial score (nSPS) is 11.6. The molecule has 1 heterocycles. The number of likely N-dealkylation sites (N-methyl/N-ethyl adjacent to an activating group) is 1. The molecule has 1 aromatic heterocycles. The molecule has 0 fully saturated rings. The Bertz CT molecular complexity index is 583. The van der Waals surface area contributed by atoms with E-state index < -0.39 is 9.84 Å². The van der Waals surface area contributed by atoms with Crippen LogP contribution in [0.1, 0.15) is 13.3 Å². The molecule has 114 valence electrons. The second-order valence-electron chi connectivity index (χ2n) is 4.64. The van der Waals surface area contributed by atoms with Gasteiger partial charge in [-0.05, 0) is 6.42 Å². The molecule has 8 heteroatoms. The van der Waals surface area contributed by atoms with Gasteiger partial charge in [0.05, 0.1) is 24.2 Å². The van der Waals surface area contributed by atoms with Crippen LogP contribution in [-0.2, 0) is 16.4 Å². The molecule has 0 saturated carbocycles. The van der Waals surface area contributed by atoms with E-state index in [1.165, 1.54) is 10.7 Å². The van der Waals surface area contributed by atoms with Crippen LogP contribution in [0.25, 0.3) is 0 Å². The number of hydrogen-bond acceptors (Lipinski definition) is 6. The minimum Gasteiger partial charge on any atom is -0.372 e. The van der Waals surface area contributed by atoms with E-state index in [1.807, 2.05) is 18.9 Å². The molecule has 0 saturated heterocycles. The Morgan fingerprint density at radius 1 is 1.40 bits per heavy atom. The number of nitrogens with two attached hydrogens (primary N) is 1. The van der Waals surface area contributed by atoms with Crippen molar-refractivity contribution in [3.05, 3.63) is 22.6 Å². The molecule has 0 radical (unpaired) electrons. The lowest BCUT2D eigenvalue weighted by atomic mass is 10.4. The quantitative estimate of drug-likeness (QED) is 0.693. The number of anilines is 1. The third kappa shape index (κ3) is 4.93. The predicted octanol–water partition coefficient (Wildman–Crippen LogP) is -0.537. The summed E-state index contributed by atoms with van der Waals surface area (Å²) in [5.41, 5.74) is 5.81. The largest absolute Gasteiger partial charge is 0.372 e. The van der Waals surface area contributed by atoms with Crippen LogP contribution >= 0.6 is 0 Å². The molecule has 0 unspecified atom stereocenters. The average Bonchev–Trinajstić information content (AvgIpc) is 2.37.